The molecule has 5 heterocycles. The zero-order chi connectivity index (χ0) is 42.7. The maximum atomic E-state index is 14.5. The first-order valence-corrected chi connectivity index (χ1v) is 21.4. The van der Waals surface area contributed by atoms with Crippen molar-refractivity contribution in [3.05, 3.63) is 107 Å². The van der Waals surface area contributed by atoms with Crippen LogP contribution in [0.4, 0.5) is 5.69 Å². The van der Waals surface area contributed by atoms with E-state index >= 15 is 0 Å². The Morgan fingerprint density at radius 2 is 1.55 bits per heavy atom. The van der Waals surface area contributed by atoms with Crippen molar-refractivity contribution in [3.8, 4) is 5.75 Å². The van der Waals surface area contributed by atoms with Gasteiger partial charge in [0.2, 0.25) is 0 Å². The molecule has 7 rings (SSSR count). The zero-order valence-corrected chi connectivity index (χ0v) is 34.7. The summed E-state index contributed by atoms with van der Waals surface area (Å²) in [5, 5.41) is 29.9. The normalized spacial score (nSPS) is 22.7. The molecule has 0 bridgehead atoms. The van der Waals surface area contributed by atoms with E-state index in [-0.39, 0.29) is 30.5 Å². The SMILES string of the molecule is COc1ccc2nc3cc(Cl)ccc3c(NCCCCCN[P@](=O)(OC[C@H]3O[C@@H](n4cc(C)c(=O)[nH]c4=O)C[C@@H]3O)O[C@H]3C[C@H](n4cc(C)c(=O)[nH]c4=O)O[C@@H]3CO)c2c1. The van der Waals surface area contributed by atoms with E-state index < -0.39 is 80.3 Å². The third-order valence-electron chi connectivity index (χ3n) is 10.6. The predicted octanol–water partition coefficient (Wildman–Crippen LogP) is 3.38. The third-order valence-corrected chi connectivity index (χ3v) is 12.4. The molecule has 19 nitrogen and oxygen atoms in total. The lowest BCUT2D eigenvalue weighted by molar-refractivity contribution is -0.0533. The van der Waals surface area contributed by atoms with Crippen LogP contribution in [0.2, 0.25) is 5.02 Å². The standard InChI is InChI=1S/C39H47ClN7O12P/c1-21-17-46(38(52)44-36(21)50)33-15-29(49)32(58-33)20-56-60(54,59-30-16-34(57-31(30)19-48)47-18-22(2)37(51)45-39(47)53)42-12-6-4-5-11-41-35-25-9-7-23(40)13-28(25)43-27-10-8-24(55-3)14-26(27)35/h7-10,13-14,17-18,29-34,48-49H,4-6,11-12,15-16,19-20H2,1-3H3,(H,41,43)(H,42,54)(H,44,50,52)(H,45,51,53)/t29-,30-,31+,32+,33+,34+,60-/m0/s1. The maximum absolute atomic E-state index is 14.5. The van der Waals surface area contributed by atoms with Gasteiger partial charge in [-0.1, -0.05) is 18.0 Å². The van der Waals surface area contributed by atoms with Gasteiger partial charge >= 0.3 is 19.1 Å². The number of aromatic amines is 2. The van der Waals surface area contributed by atoms with Crippen LogP contribution in [-0.4, -0.2) is 92.1 Å². The number of H-pyrrole nitrogens is 2. The number of nitrogens with zero attached hydrogens (tertiary/aromatic N) is 3. The number of aryl methyl sites for hydroxylation is 2. The molecule has 60 heavy (non-hydrogen) atoms. The molecule has 2 aliphatic rings. The van der Waals surface area contributed by atoms with Crippen LogP contribution < -0.4 is 37.6 Å². The lowest BCUT2D eigenvalue weighted by Crippen LogP contribution is -2.34. The number of unbranched alkanes of at least 4 members (excludes halogenated alkanes) is 2. The summed E-state index contributed by atoms with van der Waals surface area (Å²) >= 11 is 6.29. The van der Waals surface area contributed by atoms with Gasteiger partial charge in [0.1, 0.15) is 36.5 Å². The summed E-state index contributed by atoms with van der Waals surface area (Å²) < 4.78 is 46.1. The Hall–Kier alpha value is -4.69. The quantitative estimate of drug-likeness (QED) is 0.0445. The molecule has 0 amide bonds. The van der Waals surface area contributed by atoms with E-state index in [9.17, 15) is 34.0 Å². The fourth-order valence-electron chi connectivity index (χ4n) is 7.32. The molecule has 0 radical (unpaired) electrons. The molecule has 0 aliphatic carbocycles. The Morgan fingerprint density at radius 3 is 2.23 bits per heavy atom. The van der Waals surface area contributed by atoms with Crippen molar-refractivity contribution in [2.45, 2.75) is 82.8 Å². The highest BCUT2D eigenvalue weighted by Gasteiger charge is 2.44. The van der Waals surface area contributed by atoms with Crippen LogP contribution in [0.15, 0.2) is 68.0 Å². The number of pyridine rings is 1. The fraction of sp³-hybridized carbons (Fsp3) is 0.462. The summed E-state index contributed by atoms with van der Waals surface area (Å²) in [5.41, 5.74) is 0.406. The average Bonchev–Trinajstić information content (AvgIpc) is 3.80. The minimum Gasteiger partial charge on any atom is -0.497 e. The highest BCUT2D eigenvalue weighted by Crippen LogP contribution is 2.49. The number of rotatable bonds is 17. The van der Waals surface area contributed by atoms with Gasteiger partial charge in [-0.05, 0) is 63.1 Å². The molecule has 322 valence electrons. The van der Waals surface area contributed by atoms with E-state index in [1.165, 1.54) is 30.8 Å². The maximum Gasteiger partial charge on any atom is 0.405 e. The molecular formula is C39H47ClN7O12P. The van der Waals surface area contributed by atoms with Gasteiger partial charge < -0.3 is 29.7 Å². The Bertz CT molecular complexity index is 2650. The third kappa shape index (κ3) is 9.59. The van der Waals surface area contributed by atoms with Crippen molar-refractivity contribution in [2.75, 3.05) is 38.7 Å². The van der Waals surface area contributed by atoms with Crippen LogP contribution in [0, 0.1) is 13.8 Å². The van der Waals surface area contributed by atoms with Crippen molar-refractivity contribution < 1.29 is 38.0 Å². The number of fused-ring (bicyclic) bond motifs is 2. The summed E-state index contributed by atoms with van der Waals surface area (Å²) in [7, 11) is -2.66. The summed E-state index contributed by atoms with van der Waals surface area (Å²) in [5.74, 6) is 0.694. The number of ether oxygens (including phenoxy) is 3. The smallest absolute Gasteiger partial charge is 0.405 e. The second-order valence-corrected chi connectivity index (χ2v) is 17.0. The van der Waals surface area contributed by atoms with Crippen molar-refractivity contribution >= 4 is 46.8 Å². The molecule has 2 fully saturated rings. The van der Waals surface area contributed by atoms with Crippen molar-refractivity contribution in [1.29, 1.82) is 0 Å². The van der Waals surface area contributed by atoms with Crippen LogP contribution in [0.1, 0.15) is 55.7 Å². The van der Waals surface area contributed by atoms with Gasteiger partial charge in [0.15, 0.2) is 0 Å². The molecule has 0 spiro atoms. The summed E-state index contributed by atoms with van der Waals surface area (Å²) in [4.78, 5) is 58.3. The van der Waals surface area contributed by atoms with Gasteiger partial charge in [0.25, 0.3) is 11.1 Å². The van der Waals surface area contributed by atoms with Crippen molar-refractivity contribution in [3.63, 3.8) is 0 Å². The van der Waals surface area contributed by atoms with Gasteiger partial charge in [-0.25, -0.2) is 24.2 Å². The van der Waals surface area contributed by atoms with Gasteiger partial charge in [0.05, 0.1) is 43.1 Å². The van der Waals surface area contributed by atoms with Gasteiger partial charge in [-0.2, -0.15) is 0 Å². The van der Waals surface area contributed by atoms with Gasteiger partial charge in [-0.15, -0.1) is 0 Å². The number of aliphatic hydroxyl groups excluding tert-OH is 2. The van der Waals surface area contributed by atoms with Crippen LogP contribution in [0.5, 0.6) is 5.75 Å². The van der Waals surface area contributed by atoms with Gasteiger partial charge in [-0.3, -0.25) is 37.7 Å². The predicted molar refractivity (Wildman–Crippen MR) is 222 cm³/mol. The number of nitrogens with one attached hydrogen (secondary N) is 4. The molecule has 21 heteroatoms. The monoisotopic (exact) mass is 871 g/mol. The highest BCUT2D eigenvalue weighted by molar-refractivity contribution is 7.51. The minimum absolute atomic E-state index is 0.0174. The molecule has 2 aromatic carbocycles. The molecule has 0 unspecified atom stereocenters. The van der Waals surface area contributed by atoms with Crippen LogP contribution in [-0.2, 0) is 23.1 Å². The van der Waals surface area contributed by atoms with Gasteiger partial charge in [0, 0.05) is 65.2 Å². The molecule has 0 saturated carbocycles. The van der Waals surface area contributed by atoms with Crippen molar-refractivity contribution in [2.24, 2.45) is 0 Å². The summed E-state index contributed by atoms with van der Waals surface area (Å²) in [6, 6.07) is 11.2. The average molecular weight is 872 g/mol. The summed E-state index contributed by atoms with van der Waals surface area (Å²) in [6.45, 7) is 2.85. The lowest BCUT2D eigenvalue weighted by Gasteiger charge is -2.26. The molecule has 2 saturated heterocycles. The molecule has 6 N–H and O–H groups in total. The number of halogens is 1. The summed E-state index contributed by atoms with van der Waals surface area (Å²) in [6.07, 6.45) is -1.58. The van der Waals surface area contributed by atoms with Crippen LogP contribution >= 0.6 is 19.3 Å². The topological polar surface area (TPSA) is 250 Å². The first-order chi connectivity index (χ1) is 28.7. The molecule has 5 aromatic rings. The highest BCUT2D eigenvalue weighted by atomic mass is 35.5. The molecule has 7 atom stereocenters. The number of aromatic nitrogens is 5. The van der Waals surface area contributed by atoms with E-state index in [1.807, 2.05) is 36.4 Å². The Kier molecular flexibility index (Phi) is 13.4. The Morgan fingerprint density at radius 1 is 0.883 bits per heavy atom. The minimum atomic E-state index is -4.27. The molecule has 3 aromatic heterocycles. The largest absolute Gasteiger partial charge is 0.497 e. The lowest BCUT2D eigenvalue weighted by atomic mass is 10.1. The number of anilines is 1. The number of benzene rings is 2. The fourth-order valence-corrected chi connectivity index (χ4v) is 9.06. The molecule has 2 aliphatic heterocycles. The van der Waals surface area contributed by atoms with Crippen molar-refractivity contribution in [1.82, 2.24) is 29.2 Å². The second-order valence-electron chi connectivity index (χ2n) is 14.8. The van der Waals surface area contributed by atoms with E-state index in [0.29, 0.717) is 30.2 Å². The number of aliphatic hydroxyl groups is 2. The van der Waals surface area contributed by atoms with E-state index in [2.05, 4.69) is 20.4 Å². The van der Waals surface area contributed by atoms with E-state index in [0.717, 1.165) is 38.5 Å². The van der Waals surface area contributed by atoms with Crippen LogP contribution in [0.25, 0.3) is 21.8 Å². The van der Waals surface area contributed by atoms with E-state index in [4.69, 9.17) is 39.8 Å². The zero-order valence-electron chi connectivity index (χ0n) is 33.1. The van der Waals surface area contributed by atoms with E-state index in [1.54, 1.807) is 7.11 Å². The second kappa shape index (κ2) is 18.5. The molecular weight excluding hydrogens is 825 g/mol. The Balaban J connectivity index is 1.02. The number of hydrogen-bond donors (Lipinski definition) is 6. The number of hydrogen-bond acceptors (Lipinski definition) is 14. The number of methoxy groups -OCH3 is 1. The van der Waals surface area contributed by atoms with Crippen LogP contribution in [0.3, 0.4) is 0 Å². The first kappa shape index (κ1) is 43.4. The Labute approximate surface area is 347 Å². The first-order valence-electron chi connectivity index (χ1n) is 19.5.